The summed E-state index contributed by atoms with van der Waals surface area (Å²) in [7, 11) is 3.78. The summed E-state index contributed by atoms with van der Waals surface area (Å²) in [5.41, 5.74) is 5.44. The molecule has 1 saturated carbocycles. The van der Waals surface area contributed by atoms with Gasteiger partial charge in [-0.1, -0.05) is 31.4 Å². The Balaban J connectivity index is 1.70. The maximum atomic E-state index is 11.6. The molecule has 0 saturated heterocycles. The van der Waals surface area contributed by atoms with E-state index in [-0.39, 0.29) is 0 Å². The van der Waals surface area contributed by atoms with E-state index >= 15 is 0 Å². The smallest absolute Gasteiger partial charge is 0.143 e. The maximum Gasteiger partial charge on any atom is 0.143 e. The van der Waals surface area contributed by atoms with E-state index in [1.807, 2.05) is 12.1 Å². The molecule has 4 atom stereocenters. The fourth-order valence-electron chi connectivity index (χ4n) is 5.81. The van der Waals surface area contributed by atoms with Crippen LogP contribution in [0, 0.1) is 5.92 Å². The number of anilines is 1. The summed E-state index contributed by atoms with van der Waals surface area (Å²) in [6.45, 7) is 4.61. The molecule has 176 valence electrons. The summed E-state index contributed by atoms with van der Waals surface area (Å²) < 4.78 is 7.74. The first-order chi connectivity index (χ1) is 15.9. The molecule has 2 aliphatic rings. The molecule has 0 amide bonds. The minimum absolute atomic E-state index is 0.336. The van der Waals surface area contributed by atoms with Gasteiger partial charge in [-0.3, -0.25) is 0 Å². The summed E-state index contributed by atoms with van der Waals surface area (Å²) >= 11 is 6.35. The zero-order chi connectivity index (χ0) is 23.3. The lowest BCUT2D eigenvalue weighted by molar-refractivity contribution is 0.192. The average Bonchev–Trinajstić information content (AvgIpc) is 3.20. The van der Waals surface area contributed by atoms with Gasteiger partial charge in [-0.25, -0.2) is 4.98 Å². The number of aromatic nitrogens is 2. The second-order valence-corrected chi connectivity index (χ2v) is 10.5. The highest BCUT2D eigenvalue weighted by molar-refractivity contribution is 6.30. The monoisotopic (exact) mass is 467 g/mol. The molecule has 6 heteroatoms. The van der Waals surface area contributed by atoms with Crippen LogP contribution in [0.1, 0.15) is 75.0 Å². The van der Waals surface area contributed by atoms with Crippen LogP contribution in [-0.4, -0.2) is 34.9 Å². The minimum Gasteiger partial charge on any atom is -0.497 e. The molecule has 1 aliphatic carbocycles. The zero-order valence-electron chi connectivity index (χ0n) is 20.0. The van der Waals surface area contributed by atoms with Gasteiger partial charge in [-0.15, -0.1) is 0 Å². The first kappa shape index (κ1) is 22.5. The Hall–Kier alpha value is -2.24. The summed E-state index contributed by atoms with van der Waals surface area (Å²) in [4.78, 5) is 7.51. The molecule has 1 aliphatic heterocycles. The molecule has 0 radical (unpaired) electrons. The van der Waals surface area contributed by atoms with Crippen LogP contribution < -0.4 is 9.64 Å². The number of aryl methyl sites for hydroxylation is 1. The molecule has 0 spiro atoms. The van der Waals surface area contributed by atoms with Crippen LogP contribution >= 0.6 is 11.6 Å². The summed E-state index contributed by atoms with van der Waals surface area (Å²) in [6, 6.07) is 10.7. The van der Waals surface area contributed by atoms with E-state index in [1.165, 1.54) is 24.1 Å². The van der Waals surface area contributed by atoms with Crippen molar-refractivity contribution in [2.75, 3.05) is 19.1 Å². The SMILES string of the molecule is COc1cc(Cl)cc(C(O)c2nc3c4c(ccc3n2C2CCCC(C)C2)N(C)C(C)CC4)c1. The maximum absolute atomic E-state index is 11.6. The van der Waals surface area contributed by atoms with Crippen LogP contribution in [-0.2, 0) is 6.42 Å². The highest BCUT2D eigenvalue weighted by Gasteiger charge is 2.31. The molecule has 4 unspecified atom stereocenters. The number of aliphatic hydroxyl groups excluding tert-OH is 1. The number of ether oxygens (including phenoxy) is 1. The molecular weight excluding hydrogens is 434 g/mol. The molecule has 1 aromatic heterocycles. The van der Waals surface area contributed by atoms with Crippen LogP contribution in [0.3, 0.4) is 0 Å². The van der Waals surface area contributed by atoms with Crippen molar-refractivity contribution in [3.8, 4) is 5.75 Å². The number of nitrogens with zero attached hydrogens (tertiary/aromatic N) is 3. The van der Waals surface area contributed by atoms with Crippen molar-refractivity contribution >= 4 is 28.3 Å². The molecule has 5 nitrogen and oxygen atoms in total. The van der Waals surface area contributed by atoms with E-state index in [0.29, 0.717) is 40.2 Å². The van der Waals surface area contributed by atoms with E-state index in [4.69, 9.17) is 21.3 Å². The molecule has 1 fully saturated rings. The number of hydrogen-bond donors (Lipinski definition) is 1. The fourth-order valence-corrected chi connectivity index (χ4v) is 6.04. The third kappa shape index (κ3) is 4.00. The second-order valence-electron chi connectivity index (χ2n) is 10.0. The molecule has 2 aromatic carbocycles. The number of fused-ring (bicyclic) bond motifs is 3. The standard InChI is InChI=1S/C27H34ClN3O2/c1-16-6-5-7-20(12-16)31-24-11-10-23-22(9-8-17(2)30(23)3)25(24)29-27(31)26(32)18-13-19(28)15-21(14-18)33-4/h10-11,13-17,20,26,32H,5-9,12H2,1-4H3. The lowest BCUT2D eigenvalue weighted by Crippen LogP contribution is -2.33. The third-order valence-corrected chi connectivity index (χ3v) is 8.00. The number of hydrogen-bond acceptors (Lipinski definition) is 4. The van der Waals surface area contributed by atoms with Crippen molar-refractivity contribution in [1.82, 2.24) is 9.55 Å². The Bertz CT molecular complexity index is 1170. The Kier molecular flexibility index (Phi) is 6.04. The van der Waals surface area contributed by atoms with Crippen LogP contribution in [0.5, 0.6) is 5.75 Å². The zero-order valence-corrected chi connectivity index (χ0v) is 20.8. The predicted molar refractivity (Wildman–Crippen MR) is 135 cm³/mol. The van der Waals surface area contributed by atoms with Gasteiger partial charge >= 0.3 is 0 Å². The minimum atomic E-state index is -0.877. The topological polar surface area (TPSA) is 50.5 Å². The van der Waals surface area contributed by atoms with E-state index in [2.05, 4.69) is 42.5 Å². The van der Waals surface area contributed by atoms with Crippen molar-refractivity contribution < 1.29 is 9.84 Å². The molecule has 0 bridgehead atoms. The predicted octanol–water partition coefficient (Wildman–Crippen LogP) is 6.30. The highest BCUT2D eigenvalue weighted by Crippen LogP contribution is 2.42. The van der Waals surface area contributed by atoms with Crippen LogP contribution in [0.2, 0.25) is 5.02 Å². The first-order valence-corrected chi connectivity index (χ1v) is 12.5. The first-order valence-electron chi connectivity index (χ1n) is 12.2. The van der Waals surface area contributed by atoms with Gasteiger partial charge in [0.05, 0.1) is 18.1 Å². The molecule has 5 rings (SSSR count). The Morgan fingerprint density at radius 3 is 2.73 bits per heavy atom. The fraction of sp³-hybridized carbons (Fsp3) is 0.519. The van der Waals surface area contributed by atoms with Gasteiger partial charge in [-0.2, -0.15) is 0 Å². The Labute approximate surface area is 201 Å². The molecule has 2 heterocycles. The van der Waals surface area contributed by atoms with Gasteiger partial charge in [0.15, 0.2) is 0 Å². The van der Waals surface area contributed by atoms with Gasteiger partial charge in [0, 0.05) is 35.4 Å². The lowest BCUT2D eigenvalue weighted by Gasteiger charge is -2.34. The number of aliphatic hydroxyl groups is 1. The largest absolute Gasteiger partial charge is 0.497 e. The number of methoxy groups -OCH3 is 1. The van der Waals surface area contributed by atoms with Gasteiger partial charge < -0.3 is 19.3 Å². The number of imidazole rings is 1. The van der Waals surface area contributed by atoms with Gasteiger partial charge in [0.25, 0.3) is 0 Å². The lowest BCUT2D eigenvalue weighted by atomic mass is 9.86. The van der Waals surface area contributed by atoms with E-state index in [1.54, 1.807) is 13.2 Å². The number of rotatable bonds is 4. The van der Waals surface area contributed by atoms with Gasteiger partial charge in [0.2, 0.25) is 0 Å². The molecular formula is C27H34ClN3O2. The van der Waals surface area contributed by atoms with Crippen LogP contribution in [0.15, 0.2) is 30.3 Å². The quantitative estimate of drug-likeness (QED) is 0.489. The van der Waals surface area contributed by atoms with Crippen LogP contribution in [0.4, 0.5) is 5.69 Å². The van der Waals surface area contributed by atoms with Crippen molar-refractivity contribution in [1.29, 1.82) is 0 Å². The summed E-state index contributed by atoms with van der Waals surface area (Å²) in [6.07, 6.45) is 5.94. The highest BCUT2D eigenvalue weighted by atomic mass is 35.5. The number of benzene rings is 2. The normalized spacial score (nSPS) is 24.1. The van der Waals surface area contributed by atoms with Gasteiger partial charge in [-0.05, 0) is 74.4 Å². The van der Waals surface area contributed by atoms with Gasteiger partial charge in [0.1, 0.15) is 17.7 Å². The summed E-state index contributed by atoms with van der Waals surface area (Å²) in [5, 5.41) is 12.2. The van der Waals surface area contributed by atoms with Crippen molar-refractivity contribution in [2.24, 2.45) is 5.92 Å². The molecule has 33 heavy (non-hydrogen) atoms. The van der Waals surface area contributed by atoms with Crippen molar-refractivity contribution in [3.63, 3.8) is 0 Å². The second kappa shape index (κ2) is 8.84. The number of halogens is 1. The van der Waals surface area contributed by atoms with E-state index < -0.39 is 6.10 Å². The summed E-state index contributed by atoms with van der Waals surface area (Å²) in [5.74, 6) is 2.02. The molecule has 1 N–H and O–H groups in total. The van der Waals surface area contributed by atoms with E-state index in [0.717, 1.165) is 36.7 Å². The van der Waals surface area contributed by atoms with Crippen molar-refractivity contribution in [3.05, 3.63) is 52.3 Å². The Morgan fingerprint density at radius 2 is 1.97 bits per heavy atom. The van der Waals surface area contributed by atoms with Crippen LogP contribution in [0.25, 0.3) is 11.0 Å². The average molecular weight is 468 g/mol. The van der Waals surface area contributed by atoms with Crippen molar-refractivity contribution in [2.45, 2.75) is 70.6 Å². The Morgan fingerprint density at radius 1 is 1.15 bits per heavy atom. The third-order valence-electron chi connectivity index (χ3n) is 7.79. The molecule has 3 aromatic rings. The van der Waals surface area contributed by atoms with E-state index in [9.17, 15) is 5.11 Å².